The Morgan fingerprint density at radius 1 is 0.667 bits per heavy atom. The fourth-order valence-electron chi connectivity index (χ4n) is 0.278. The number of nitrogens with zero attached hydrogens (tertiary/aromatic N) is 2. The molecule has 0 heterocycles. The lowest BCUT2D eigenvalue weighted by molar-refractivity contribution is -0.0772. The van der Waals surface area contributed by atoms with E-state index in [4.69, 9.17) is 9.68 Å². The van der Waals surface area contributed by atoms with Crippen LogP contribution < -0.4 is 0 Å². The highest BCUT2D eigenvalue weighted by atomic mass is 16.7. The molecule has 0 saturated carbocycles. The van der Waals surface area contributed by atoms with Crippen molar-refractivity contribution in [1.82, 2.24) is 0 Å². The van der Waals surface area contributed by atoms with Crippen LogP contribution >= 0.6 is 0 Å². The Morgan fingerprint density at radius 2 is 0.917 bits per heavy atom. The molecule has 0 saturated heterocycles. The first-order chi connectivity index (χ1) is 5.21. The van der Waals surface area contributed by atoms with Crippen LogP contribution in [0, 0.1) is 0 Å². The average Bonchev–Trinajstić information content (AvgIpc) is 1.76. The van der Waals surface area contributed by atoms with E-state index in [1.165, 1.54) is 0 Å². The molecule has 4 nitrogen and oxygen atoms in total. The molecule has 0 aromatic rings. The van der Waals surface area contributed by atoms with Crippen LogP contribution in [-0.2, 0) is 9.68 Å². The minimum atomic E-state index is -0.315. The van der Waals surface area contributed by atoms with E-state index in [9.17, 15) is 0 Å². The van der Waals surface area contributed by atoms with Crippen molar-refractivity contribution in [3.8, 4) is 0 Å². The maximum absolute atomic E-state index is 4.96. The predicted molar refractivity (Wildman–Crippen MR) is 46.5 cm³/mol. The Bertz CT molecular complexity index is 135. The van der Waals surface area contributed by atoms with Crippen molar-refractivity contribution < 1.29 is 9.68 Å². The van der Waals surface area contributed by atoms with Crippen molar-refractivity contribution >= 4 is 0 Å². The number of hydrogen-bond acceptors (Lipinski definition) is 4. The van der Waals surface area contributed by atoms with E-state index in [1.807, 2.05) is 41.5 Å². The fourth-order valence-corrected chi connectivity index (χ4v) is 0.278. The summed E-state index contributed by atoms with van der Waals surface area (Å²) in [6.45, 7) is 11.4. The smallest absolute Gasteiger partial charge is 0.131 e. The molecule has 0 unspecified atom stereocenters. The molecular formula is C8H18N2O2. The van der Waals surface area contributed by atoms with Crippen LogP contribution in [0.1, 0.15) is 41.5 Å². The minimum Gasteiger partial charge on any atom is -0.371 e. The summed E-state index contributed by atoms with van der Waals surface area (Å²) in [6, 6.07) is 0. The molecule has 0 bridgehead atoms. The second-order valence-electron chi connectivity index (χ2n) is 4.57. The van der Waals surface area contributed by atoms with Gasteiger partial charge in [0.05, 0.1) is 10.6 Å². The molecule has 0 atom stereocenters. The van der Waals surface area contributed by atoms with E-state index in [2.05, 4.69) is 10.6 Å². The molecule has 4 heteroatoms. The van der Waals surface area contributed by atoms with E-state index in [1.54, 1.807) is 0 Å². The molecule has 0 N–H and O–H groups in total. The highest BCUT2D eigenvalue weighted by molar-refractivity contribution is 4.56. The van der Waals surface area contributed by atoms with Crippen LogP contribution in [-0.4, -0.2) is 11.2 Å². The quantitative estimate of drug-likeness (QED) is 0.477. The lowest BCUT2D eigenvalue weighted by atomic mass is 10.2. The summed E-state index contributed by atoms with van der Waals surface area (Å²) >= 11 is 0. The summed E-state index contributed by atoms with van der Waals surface area (Å²) in [5, 5.41) is 6.86. The van der Waals surface area contributed by atoms with E-state index in [-0.39, 0.29) is 11.2 Å². The Kier molecular flexibility index (Phi) is 3.49. The van der Waals surface area contributed by atoms with Gasteiger partial charge in [0.25, 0.3) is 0 Å². The van der Waals surface area contributed by atoms with E-state index >= 15 is 0 Å². The summed E-state index contributed by atoms with van der Waals surface area (Å²) in [5.41, 5.74) is -0.629. The molecule has 0 aliphatic rings. The van der Waals surface area contributed by atoms with Gasteiger partial charge >= 0.3 is 0 Å². The van der Waals surface area contributed by atoms with Gasteiger partial charge in [-0.2, -0.15) is 0 Å². The molecule has 0 rings (SSSR count). The molecule has 0 radical (unpaired) electrons. The third-order valence-corrected chi connectivity index (χ3v) is 0.663. The number of rotatable bonds is 2. The maximum atomic E-state index is 4.96. The monoisotopic (exact) mass is 174 g/mol. The van der Waals surface area contributed by atoms with Gasteiger partial charge in [-0.25, -0.2) is 0 Å². The zero-order chi connectivity index (χ0) is 9.83. The lowest BCUT2D eigenvalue weighted by Crippen LogP contribution is -2.17. The lowest BCUT2D eigenvalue weighted by Gasteiger charge is -2.16. The third kappa shape index (κ3) is 9.20. The molecule has 0 amide bonds. The molecule has 72 valence electrons. The average molecular weight is 174 g/mol. The fraction of sp³-hybridized carbons (Fsp3) is 1.00. The van der Waals surface area contributed by atoms with Crippen LogP contribution in [0.25, 0.3) is 0 Å². The van der Waals surface area contributed by atoms with Crippen molar-refractivity contribution in [2.45, 2.75) is 52.7 Å². The topological polar surface area (TPSA) is 43.2 Å². The largest absolute Gasteiger partial charge is 0.371 e. The first-order valence-corrected chi connectivity index (χ1v) is 3.97. The SMILES string of the molecule is CC(C)(C)O/N=N\OC(C)(C)C. The second kappa shape index (κ2) is 3.74. The Morgan fingerprint density at radius 3 is 1.08 bits per heavy atom. The first-order valence-electron chi connectivity index (χ1n) is 3.97. The highest BCUT2D eigenvalue weighted by Crippen LogP contribution is 2.10. The molecule has 0 spiro atoms. The predicted octanol–water partition coefficient (Wildman–Crippen LogP) is 2.90. The van der Waals surface area contributed by atoms with Crippen LogP contribution in [0.3, 0.4) is 0 Å². The van der Waals surface area contributed by atoms with Gasteiger partial charge in [-0.15, -0.1) is 0 Å². The normalized spacial score (nSPS) is 13.5. The molecule has 0 aromatic heterocycles. The van der Waals surface area contributed by atoms with E-state index in [0.717, 1.165) is 0 Å². The van der Waals surface area contributed by atoms with Crippen LogP contribution in [0.2, 0.25) is 0 Å². The zero-order valence-corrected chi connectivity index (χ0v) is 8.71. The Labute approximate surface area is 73.9 Å². The van der Waals surface area contributed by atoms with Gasteiger partial charge in [-0.05, 0) is 41.5 Å². The third-order valence-electron chi connectivity index (χ3n) is 0.663. The van der Waals surface area contributed by atoms with Gasteiger partial charge in [0.2, 0.25) is 0 Å². The summed E-state index contributed by atoms with van der Waals surface area (Å²) in [7, 11) is 0. The van der Waals surface area contributed by atoms with E-state index in [0.29, 0.717) is 0 Å². The van der Waals surface area contributed by atoms with Crippen molar-refractivity contribution in [3.63, 3.8) is 0 Å². The van der Waals surface area contributed by atoms with Crippen molar-refractivity contribution in [1.29, 1.82) is 0 Å². The maximum Gasteiger partial charge on any atom is 0.131 e. The first kappa shape index (κ1) is 11.2. The van der Waals surface area contributed by atoms with Crippen molar-refractivity contribution in [2.75, 3.05) is 0 Å². The molecule has 0 aliphatic heterocycles. The van der Waals surface area contributed by atoms with E-state index < -0.39 is 0 Å². The van der Waals surface area contributed by atoms with Gasteiger partial charge in [0, 0.05) is 0 Å². The van der Waals surface area contributed by atoms with Gasteiger partial charge in [-0.3, -0.25) is 0 Å². The Balaban J connectivity index is 3.66. The summed E-state index contributed by atoms with van der Waals surface area (Å²) in [6.07, 6.45) is 0. The van der Waals surface area contributed by atoms with Gasteiger partial charge < -0.3 is 9.68 Å². The summed E-state index contributed by atoms with van der Waals surface area (Å²) < 4.78 is 0. The van der Waals surface area contributed by atoms with Gasteiger partial charge in [-0.1, -0.05) is 0 Å². The summed E-state index contributed by atoms with van der Waals surface area (Å²) in [4.78, 5) is 9.92. The van der Waals surface area contributed by atoms with Crippen LogP contribution in [0.4, 0.5) is 0 Å². The number of hydrogen-bond donors (Lipinski definition) is 0. The standard InChI is InChI=1S/C8H18N2O2/c1-7(2,3)11-9-10-12-8(4,5)6/h1-6H3/b10-9-. The Hall–Kier alpha value is -0.800. The van der Waals surface area contributed by atoms with Crippen molar-refractivity contribution in [2.24, 2.45) is 10.6 Å². The second-order valence-corrected chi connectivity index (χ2v) is 4.57. The molecular weight excluding hydrogens is 156 g/mol. The van der Waals surface area contributed by atoms with Crippen LogP contribution in [0.5, 0.6) is 0 Å². The summed E-state index contributed by atoms with van der Waals surface area (Å²) in [5.74, 6) is 0. The van der Waals surface area contributed by atoms with Crippen LogP contribution in [0.15, 0.2) is 10.6 Å². The van der Waals surface area contributed by atoms with Crippen molar-refractivity contribution in [3.05, 3.63) is 0 Å². The molecule has 0 aromatic carbocycles. The molecule has 12 heavy (non-hydrogen) atoms. The van der Waals surface area contributed by atoms with Gasteiger partial charge in [0.15, 0.2) is 0 Å². The highest BCUT2D eigenvalue weighted by Gasteiger charge is 2.12. The molecule has 0 fully saturated rings. The zero-order valence-electron chi connectivity index (χ0n) is 8.71. The van der Waals surface area contributed by atoms with Gasteiger partial charge in [0.1, 0.15) is 11.2 Å². The molecule has 0 aliphatic carbocycles. The minimum absolute atomic E-state index is 0.315.